The molecule has 0 fully saturated rings. The first kappa shape index (κ1) is 28.2. The van der Waals surface area contributed by atoms with E-state index in [0.717, 1.165) is 25.7 Å². The number of phenolic OH excluding ortho intramolecular Hbond substituents is 2. The van der Waals surface area contributed by atoms with Gasteiger partial charge in [0.25, 0.3) is 11.8 Å². The van der Waals surface area contributed by atoms with Gasteiger partial charge in [0.1, 0.15) is 11.5 Å². The molecule has 0 spiro atoms. The molecular weight excluding hydrogens is 464 g/mol. The molecule has 194 valence electrons. The molecule has 4 amide bonds. The van der Waals surface area contributed by atoms with Crippen LogP contribution in [0.5, 0.6) is 11.5 Å². The van der Waals surface area contributed by atoms with E-state index in [2.05, 4.69) is 21.7 Å². The number of hydrogen-bond acceptors (Lipinski definition) is 6. The van der Waals surface area contributed by atoms with Gasteiger partial charge in [0, 0.05) is 12.3 Å². The van der Waals surface area contributed by atoms with Gasteiger partial charge in [-0.2, -0.15) is 0 Å². The van der Waals surface area contributed by atoms with E-state index in [9.17, 15) is 29.4 Å². The standard InChI is InChI=1S/C26H34N4O6/c1-2-11-18(24(34)28-30-26(36)20-14-8-10-16-22(20)32)12-5-3-4-6-17-23(33)27-29-25(35)19-13-7-9-15-21(19)31/h7-10,13-16,18,31-32H,2-6,11-12,17H2,1H3,(H,27,33)(H,28,34)(H,29,35)(H,30,36). The predicted molar refractivity (Wildman–Crippen MR) is 134 cm³/mol. The number of phenols is 2. The summed E-state index contributed by atoms with van der Waals surface area (Å²) in [6.45, 7) is 1.98. The summed E-state index contributed by atoms with van der Waals surface area (Å²) in [5, 5.41) is 19.4. The fourth-order valence-corrected chi connectivity index (χ4v) is 3.66. The Bertz CT molecular complexity index is 1040. The van der Waals surface area contributed by atoms with Gasteiger partial charge in [-0.05, 0) is 43.5 Å². The number of hydrogen-bond donors (Lipinski definition) is 6. The summed E-state index contributed by atoms with van der Waals surface area (Å²) < 4.78 is 0. The molecule has 1 atom stereocenters. The lowest BCUT2D eigenvalue weighted by Gasteiger charge is -2.16. The van der Waals surface area contributed by atoms with Gasteiger partial charge < -0.3 is 10.2 Å². The van der Waals surface area contributed by atoms with Crippen LogP contribution in [0.1, 0.15) is 79.0 Å². The lowest BCUT2D eigenvalue weighted by Crippen LogP contribution is -2.44. The van der Waals surface area contributed by atoms with Crippen LogP contribution in [-0.4, -0.2) is 33.8 Å². The molecule has 0 saturated heterocycles. The monoisotopic (exact) mass is 498 g/mol. The molecule has 0 aliphatic rings. The maximum absolute atomic E-state index is 12.5. The normalized spacial score (nSPS) is 11.2. The van der Waals surface area contributed by atoms with Crippen molar-refractivity contribution in [2.24, 2.45) is 5.92 Å². The minimum atomic E-state index is -0.599. The highest BCUT2D eigenvalue weighted by Gasteiger charge is 2.19. The molecule has 6 N–H and O–H groups in total. The van der Waals surface area contributed by atoms with Gasteiger partial charge in [-0.3, -0.25) is 40.9 Å². The lowest BCUT2D eigenvalue weighted by molar-refractivity contribution is -0.126. The third-order valence-corrected chi connectivity index (χ3v) is 5.63. The Morgan fingerprint density at radius 2 is 1.22 bits per heavy atom. The summed E-state index contributed by atoms with van der Waals surface area (Å²) in [4.78, 5) is 48.6. The van der Waals surface area contributed by atoms with Gasteiger partial charge >= 0.3 is 0 Å². The molecule has 0 aliphatic heterocycles. The lowest BCUT2D eigenvalue weighted by atomic mass is 9.95. The van der Waals surface area contributed by atoms with Crippen molar-refractivity contribution in [3.8, 4) is 11.5 Å². The van der Waals surface area contributed by atoms with E-state index >= 15 is 0 Å². The molecule has 10 nitrogen and oxygen atoms in total. The summed E-state index contributed by atoms with van der Waals surface area (Å²) in [5.41, 5.74) is 9.55. The Hall–Kier alpha value is -4.08. The summed E-state index contributed by atoms with van der Waals surface area (Å²) in [6, 6.07) is 12.1. The minimum absolute atomic E-state index is 0.0706. The fraction of sp³-hybridized carbons (Fsp3) is 0.385. The van der Waals surface area contributed by atoms with Crippen LogP contribution in [0.3, 0.4) is 0 Å². The van der Waals surface area contributed by atoms with Crippen LogP contribution in [0.15, 0.2) is 48.5 Å². The topological polar surface area (TPSA) is 157 Å². The highest BCUT2D eigenvalue weighted by molar-refractivity contribution is 5.98. The number of para-hydroxylation sites is 2. The maximum Gasteiger partial charge on any atom is 0.273 e. The fourth-order valence-electron chi connectivity index (χ4n) is 3.66. The Labute approximate surface area is 210 Å². The molecule has 10 heteroatoms. The number of nitrogens with one attached hydrogen (secondary N) is 4. The summed E-state index contributed by atoms with van der Waals surface area (Å²) in [7, 11) is 0. The van der Waals surface area contributed by atoms with Gasteiger partial charge in [-0.25, -0.2) is 0 Å². The number of rotatable bonds is 12. The van der Waals surface area contributed by atoms with Crippen LogP contribution in [0.2, 0.25) is 0 Å². The first-order chi connectivity index (χ1) is 17.3. The minimum Gasteiger partial charge on any atom is -0.507 e. The molecular formula is C26H34N4O6. The second-order valence-corrected chi connectivity index (χ2v) is 8.42. The average molecular weight is 499 g/mol. The van der Waals surface area contributed by atoms with Crippen LogP contribution in [0, 0.1) is 5.92 Å². The summed E-state index contributed by atoms with van der Waals surface area (Å²) >= 11 is 0. The van der Waals surface area contributed by atoms with Gasteiger partial charge in [-0.1, -0.05) is 56.9 Å². The second-order valence-electron chi connectivity index (χ2n) is 8.42. The Balaban J connectivity index is 1.62. The number of amides is 4. The van der Waals surface area contributed by atoms with E-state index in [-0.39, 0.29) is 46.8 Å². The van der Waals surface area contributed by atoms with Crippen LogP contribution in [0.25, 0.3) is 0 Å². The van der Waals surface area contributed by atoms with Crippen molar-refractivity contribution in [3.63, 3.8) is 0 Å². The zero-order valence-corrected chi connectivity index (χ0v) is 20.4. The van der Waals surface area contributed by atoms with Crippen LogP contribution < -0.4 is 21.7 Å². The first-order valence-corrected chi connectivity index (χ1v) is 12.1. The highest BCUT2D eigenvalue weighted by Crippen LogP contribution is 2.18. The summed E-state index contributed by atoms with van der Waals surface area (Å²) in [5.74, 6) is -2.39. The SMILES string of the molecule is CCCC(CCCCCCC(=O)NNC(=O)c1ccccc1O)C(=O)NNC(=O)c1ccccc1O. The van der Waals surface area contributed by atoms with Gasteiger partial charge in [-0.15, -0.1) is 0 Å². The number of unbranched alkanes of at least 4 members (excludes halogenated alkanes) is 3. The van der Waals surface area contributed by atoms with E-state index in [1.54, 1.807) is 24.3 Å². The average Bonchev–Trinajstić information content (AvgIpc) is 2.87. The number of carbonyl (C=O) groups is 4. The van der Waals surface area contributed by atoms with E-state index < -0.39 is 11.8 Å². The van der Waals surface area contributed by atoms with Crippen molar-refractivity contribution in [1.82, 2.24) is 21.7 Å². The number of hydrazine groups is 2. The third kappa shape index (κ3) is 9.28. The van der Waals surface area contributed by atoms with Gasteiger partial charge in [0.05, 0.1) is 11.1 Å². The zero-order chi connectivity index (χ0) is 26.3. The molecule has 0 bridgehead atoms. The van der Waals surface area contributed by atoms with Crippen molar-refractivity contribution >= 4 is 23.6 Å². The van der Waals surface area contributed by atoms with Gasteiger partial charge in [0.15, 0.2) is 0 Å². The molecule has 2 aromatic carbocycles. The zero-order valence-electron chi connectivity index (χ0n) is 20.4. The largest absolute Gasteiger partial charge is 0.507 e. The molecule has 2 aromatic rings. The third-order valence-electron chi connectivity index (χ3n) is 5.63. The van der Waals surface area contributed by atoms with Crippen LogP contribution in [-0.2, 0) is 9.59 Å². The molecule has 1 unspecified atom stereocenters. The van der Waals surface area contributed by atoms with E-state index in [1.165, 1.54) is 24.3 Å². The molecule has 36 heavy (non-hydrogen) atoms. The highest BCUT2D eigenvalue weighted by atomic mass is 16.3. The smallest absolute Gasteiger partial charge is 0.273 e. The quantitative estimate of drug-likeness (QED) is 0.195. The maximum atomic E-state index is 12.5. The van der Waals surface area contributed by atoms with Crippen LogP contribution in [0.4, 0.5) is 0 Å². The van der Waals surface area contributed by atoms with E-state index in [4.69, 9.17) is 0 Å². The number of aromatic hydroxyl groups is 2. The predicted octanol–water partition coefficient (Wildman–Crippen LogP) is 3.08. The van der Waals surface area contributed by atoms with Crippen molar-refractivity contribution < 1.29 is 29.4 Å². The van der Waals surface area contributed by atoms with E-state index in [1.807, 2.05) is 6.92 Å². The molecule has 0 aromatic heterocycles. The molecule has 0 aliphatic carbocycles. The summed E-state index contributed by atoms with van der Waals surface area (Å²) in [6.07, 6.45) is 5.40. The Kier molecular flexibility index (Phi) is 11.8. The van der Waals surface area contributed by atoms with Crippen molar-refractivity contribution in [3.05, 3.63) is 59.7 Å². The number of benzene rings is 2. The Morgan fingerprint density at radius 1 is 0.694 bits per heavy atom. The molecule has 0 saturated carbocycles. The van der Waals surface area contributed by atoms with Crippen molar-refractivity contribution in [2.75, 3.05) is 0 Å². The Morgan fingerprint density at radius 3 is 1.78 bits per heavy atom. The van der Waals surface area contributed by atoms with Crippen molar-refractivity contribution in [1.29, 1.82) is 0 Å². The first-order valence-electron chi connectivity index (χ1n) is 12.1. The van der Waals surface area contributed by atoms with Crippen molar-refractivity contribution in [2.45, 2.75) is 58.3 Å². The second kappa shape index (κ2) is 15.0. The number of carbonyl (C=O) groups excluding carboxylic acids is 4. The molecule has 0 heterocycles. The molecule has 0 radical (unpaired) electrons. The van der Waals surface area contributed by atoms with Gasteiger partial charge in [0.2, 0.25) is 11.8 Å². The molecule has 2 rings (SSSR count). The van der Waals surface area contributed by atoms with E-state index in [0.29, 0.717) is 19.3 Å². The van der Waals surface area contributed by atoms with Crippen LogP contribution >= 0.6 is 0 Å².